The summed E-state index contributed by atoms with van der Waals surface area (Å²) in [5, 5.41) is 2.58. The van der Waals surface area contributed by atoms with E-state index in [0.717, 1.165) is 50.0 Å². The lowest BCUT2D eigenvalue weighted by atomic mass is 9.71. The summed E-state index contributed by atoms with van der Waals surface area (Å²) in [5.74, 6) is -1.79. The Morgan fingerprint density at radius 1 is 0.667 bits per heavy atom. The van der Waals surface area contributed by atoms with E-state index >= 15 is 0 Å². The first-order chi connectivity index (χ1) is 34.3. The first-order valence-electron chi connectivity index (χ1n) is 26.9. The van der Waals surface area contributed by atoms with Gasteiger partial charge in [0.25, 0.3) is 0 Å². The quantitative estimate of drug-likeness (QED) is 0.0489. The van der Waals surface area contributed by atoms with Gasteiger partial charge in [0.05, 0.1) is 12.2 Å². The molecule has 17 heteroatoms. The Hall–Kier alpha value is -3.90. The summed E-state index contributed by atoms with van der Waals surface area (Å²) in [6.07, 6.45) is 10.4. The number of hydrogen-bond donors (Lipinski definition) is 1. The van der Waals surface area contributed by atoms with Crippen LogP contribution in [0.4, 0.5) is 0 Å². The van der Waals surface area contributed by atoms with Crippen LogP contribution in [0.1, 0.15) is 171 Å². The van der Waals surface area contributed by atoms with Crippen LogP contribution in [0.5, 0.6) is 0 Å². The zero-order valence-electron chi connectivity index (χ0n) is 44.7. The summed E-state index contributed by atoms with van der Waals surface area (Å²) in [5.41, 5.74) is -0.818. The Bertz CT molecular complexity index is 1850. The number of rotatable bonds is 12. The van der Waals surface area contributed by atoms with Gasteiger partial charge >= 0.3 is 29.8 Å². The predicted octanol–water partition coefficient (Wildman–Crippen LogP) is 8.11. The topological polar surface area (TPSA) is 207 Å². The summed E-state index contributed by atoms with van der Waals surface area (Å²) in [6.45, 7) is 16.7. The van der Waals surface area contributed by atoms with Crippen molar-refractivity contribution in [2.45, 2.75) is 238 Å². The van der Waals surface area contributed by atoms with E-state index in [1.54, 1.807) is 13.8 Å². The number of ether oxygens (including phenoxy) is 10. The number of carbonyl (C=O) groups excluding carboxylic acids is 6. The van der Waals surface area contributed by atoms with Gasteiger partial charge in [-0.25, -0.2) is 0 Å². The van der Waals surface area contributed by atoms with Gasteiger partial charge in [0, 0.05) is 41.2 Å². The van der Waals surface area contributed by atoms with Crippen molar-refractivity contribution in [3.8, 4) is 0 Å². The molecule has 1 saturated carbocycles. The molecule has 7 aliphatic rings. The smallest absolute Gasteiger partial charge is 0.303 e. The van der Waals surface area contributed by atoms with Crippen molar-refractivity contribution in [3.05, 3.63) is 24.3 Å². The number of carbonyl (C=O) groups is 6. The fourth-order valence-electron chi connectivity index (χ4n) is 11.2. The second-order valence-electron chi connectivity index (χ2n) is 21.6. The number of fused-ring (bicyclic) bond motifs is 2. The first kappa shape index (κ1) is 59.0. The van der Waals surface area contributed by atoms with Crippen LogP contribution in [0.3, 0.4) is 0 Å². The molecule has 1 N–H and O–H groups in total. The Balaban J connectivity index is 1.53. The van der Waals surface area contributed by atoms with Crippen LogP contribution >= 0.6 is 0 Å². The zero-order chi connectivity index (χ0) is 52.6. The minimum absolute atomic E-state index is 0.179. The Kier molecular flexibility index (Phi) is 23.0. The van der Waals surface area contributed by atoms with E-state index in [2.05, 4.69) is 24.9 Å². The summed E-state index contributed by atoms with van der Waals surface area (Å²) in [7, 11) is 0. The molecule has 14 atom stereocenters. The second-order valence-corrected chi connectivity index (χ2v) is 21.6. The third-order valence-electron chi connectivity index (χ3n) is 15.2. The molecule has 0 radical (unpaired) electrons. The summed E-state index contributed by atoms with van der Waals surface area (Å²) < 4.78 is 63.3. The monoisotopic (exact) mass is 1020 g/mol. The lowest BCUT2D eigenvalue weighted by Gasteiger charge is -2.54. The highest BCUT2D eigenvalue weighted by Gasteiger charge is 2.61. The highest BCUT2D eigenvalue weighted by Crippen LogP contribution is 2.50. The predicted molar refractivity (Wildman–Crippen MR) is 265 cm³/mol. The maximum Gasteiger partial charge on any atom is 0.303 e. The number of amides is 1. The number of nitrogens with one attached hydrogen (secondary N) is 1. The van der Waals surface area contributed by atoms with Gasteiger partial charge in [0.15, 0.2) is 24.4 Å². The highest BCUT2D eigenvalue weighted by molar-refractivity contribution is 5.86. The molecule has 0 aromatic carbocycles. The van der Waals surface area contributed by atoms with E-state index in [4.69, 9.17) is 47.4 Å². The van der Waals surface area contributed by atoms with Crippen LogP contribution in [0.15, 0.2) is 24.3 Å². The number of hydrogen-bond acceptors (Lipinski definition) is 16. The van der Waals surface area contributed by atoms with E-state index in [0.29, 0.717) is 19.3 Å². The lowest BCUT2D eigenvalue weighted by molar-refractivity contribution is -0.323. The van der Waals surface area contributed by atoms with Crippen molar-refractivity contribution >= 4 is 35.8 Å². The largest absolute Gasteiger partial charge is 0.463 e. The highest BCUT2D eigenvalue weighted by atomic mass is 16.7. The van der Waals surface area contributed by atoms with Crippen molar-refractivity contribution < 1.29 is 76.1 Å². The van der Waals surface area contributed by atoms with Gasteiger partial charge in [-0.3, -0.25) is 28.8 Å². The van der Waals surface area contributed by atoms with Crippen molar-refractivity contribution in [2.75, 3.05) is 26.6 Å². The molecule has 0 aromatic rings. The van der Waals surface area contributed by atoms with Gasteiger partial charge in [-0.1, -0.05) is 103 Å². The van der Waals surface area contributed by atoms with E-state index in [9.17, 15) is 28.8 Å². The van der Waals surface area contributed by atoms with Crippen molar-refractivity contribution in [2.24, 2.45) is 23.2 Å². The third kappa shape index (κ3) is 17.9. The SMILES string of the molecule is C=CC(=O)NCOCC1OC2C(OC(C)=O)C(OC(C)=O)C1OCCCCCCCCCCC1CC1CCCCCC1=CC1CC(C)(CC)C1OC(COC(C)=O)C(OC2(C)C)C(OC(C)=O)C1OC(C)=O. The number of allylic oxidation sites excluding steroid dienone is 2. The van der Waals surface area contributed by atoms with E-state index in [1.807, 2.05) is 6.92 Å². The van der Waals surface area contributed by atoms with E-state index in [1.165, 1.54) is 98.0 Å². The Morgan fingerprint density at radius 3 is 1.75 bits per heavy atom. The molecule has 408 valence electrons. The van der Waals surface area contributed by atoms with Gasteiger partial charge in [-0.2, -0.15) is 0 Å². The summed E-state index contributed by atoms with van der Waals surface area (Å²) >= 11 is 0. The molecule has 6 fully saturated rings. The molecule has 5 aliphatic heterocycles. The van der Waals surface area contributed by atoms with Crippen LogP contribution in [0.25, 0.3) is 0 Å². The van der Waals surface area contributed by atoms with Gasteiger partial charge in [-0.05, 0) is 81.6 Å². The molecule has 2 aliphatic carbocycles. The van der Waals surface area contributed by atoms with Gasteiger partial charge < -0.3 is 52.7 Å². The minimum Gasteiger partial charge on any atom is -0.463 e. The van der Waals surface area contributed by atoms with Crippen molar-refractivity contribution in [1.82, 2.24) is 5.32 Å². The molecular formula is C55H87NO16. The molecule has 4 bridgehead atoms. The molecule has 5 heterocycles. The van der Waals surface area contributed by atoms with Crippen molar-refractivity contribution in [3.63, 3.8) is 0 Å². The molecular weight excluding hydrogens is 931 g/mol. The van der Waals surface area contributed by atoms with Crippen LogP contribution in [0.2, 0.25) is 0 Å². The van der Waals surface area contributed by atoms with Gasteiger partial charge in [0.2, 0.25) is 5.91 Å². The van der Waals surface area contributed by atoms with E-state index in [-0.39, 0.29) is 32.5 Å². The fourth-order valence-corrected chi connectivity index (χ4v) is 11.2. The molecule has 7 rings (SSSR count). The molecule has 72 heavy (non-hydrogen) atoms. The molecule has 1 amide bonds. The lowest BCUT2D eigenvalue weighted by Crippen LogP contribution is -2.70. The molecule has 0 aromatic heterocycles. The van der Waals surface area contributed by atoms with Crippen molar-refractivity contribution in [1.29, 1.82) is 0 Å². The average Bonchev–Trinajstić information content (AvgIpc) is 4.24. The third-order valence-corrected chi connectivity index (χ3v) is 15.2. The zero-order valence-corrected chi connectivity index (χ0v) is 44.7. The maximum absolute atomic E-state index is 13.2. The first-order valence-corrected chi connectivity index (χ1v) is 26.9. The van der Waals surface area contributed by atoms with Crippen LogP contribution in [0, 0.1) is 23.2 Å². The molecule has 17 nitrogen and oxygen atoms in total. The number of esters is 5. The van der Waals surface area contributed by atoms with Crippen LogP contribution < -0.4 is 5.32 Å². The van der Waals surface area contributed by atoms with E-state index < -0.39 is 108 Å². The molecule has 0 spiro atoms. The average molecular weight is 1020 g/mol. The van der Waals surface area contributed by atoms with Crippen LogP contribution in [-0.2, 0) is 76.1 Å². The second kappa shape index (κ2) is 28.1. The molecule has 14 unspecified atom stereocenters. The summed E-state index contributed by atoms with van der Waals surface area (Å²) in [4.78, 5) is 77.0. The van der Waals surface area contributed by atoms with Gasteiger partial charge in [-0.15, -0.1) is 0 Å². The normalized spacial score (nSPS) is 34.9. The molecule has 5 saturated heterocycles. The standard InChI is InChI=1S/C55H87NO16/c1-11-45(62)56-33-63-31-43-46-48(66-35(4)58)50(68-37(6)60)52(70-43)54(8,9)72-47-44(32-65-34(3)57)71-53(51(69-38(7)61)49(47)67-36(5)59)55(10,12-2)30-42-29-41(42)26-22-19-21-25-40-28-39(40)24-20-17-15-13-14-16-18-23-27-64-46/h11,29,39-40,42-44,46-53H,1,12-28,30-33H2,2-10H3,(H,56,62). The summed E-state index contributed by atoms with van der Waals surface area (Å²) in [6, 6.07) is 0. The Labute approximate surface area is 428 Å². The maximum atomic E-state index is 13.2. The van der Waals surface area contributed by atoms with Gasteiger partial charge in [0.1, 0.15) is 50.0 Å². The fraction of sp³-hybridized carbons (Fsp3) is 0.818. The Morgan fingerprint density at radius 2 is 1.18 bits per heavy atom. The van der Waals surface area contributed by atoms with Crippen LogP contribution in [-0.4, -0.2) is 129 Å². The minimum atomic E-state index is -1.58.